The lowest BCUT2D eigenvalue weighted by Gasteiger charge is -2.30. The Bertz CT molecular complexity index is 465. The van der Waals surface area contributed by atoms with E-state index in [4.69, 9.17) is 9.47 Å². The van der Waals surface area contributed by atoms with E-state index in [1.54, 1.807) is 7.11 Å². The van der Waals surface area contributed by atoms with Crippen LogP contribution in [-0.4, -0.2) is 44.4 Å². The van der Waals surface area contributed by atoms with Gasteiger partial charge < -0.3 is 20.1 Å². The van der Waals surface area contributed by atoms with E-state index in [2.05, 4.69) is 10.6 Å². The van der Waals surface area contributed by atoms with E-state index in [1.807, 2.05) is 38.1 Å². The molecular weight excluding hydrogens is 268 g/mol. The minimum Gasteiger partial charge on any atom is -0.497 e. The number of rotatable bonds is 5. The average molecular weight is 292 g/mol. The Hall–Kier alpha value is -1.59. The smallest absolute Gasteiger partial charge is 0.250 e. The van der Waals surface area contributed by atoms with Gasteiger partial charge in [-0.3, -0.25) is 4.79 Å². The van der Waals surface area contributed by atoms with E-state index in [-0.39, 0.29) is 11.4 Å². The molecule has 1 aliphatic heterocycles. The maximum absolute atomic E-state index is 12.2. The van der Waals surface area contributed by atoms with Gasteiger partial charge in [0.2, 0.25) is 0 Å². The highest BCUT2D eigenvalue weighted by molar-refractivity contribution is 5.81. The second kappa shape index (κ2) is 6.91. The predicted molar refractivity (Wildman–Crippen MR) is 81.5 cm³/mol. The highest BCUT2D eigenvalue weighted by Gasteiger charge is 2.27. The lowest BCUT2D eigenvalue weighted by Crippen LogP contribution is -2.54. The minimum atomic E-state index is -0.395. The van der Waals surface area contributed by atoms with Crippen LogP contribution in [0.2, 0.25) is 0 Å². The number of benzene rings is 1. The lowest BCUT2D eigenvalue weighted by atomic mass is 9.94. The van der Waals surface area contributed by atoms with Crippen LogP contribution in [0.1, 0.15) is 19.4 Å². The van der Waals surface area contributed by atoms with Crippen molar-refractivity contribution in [1.82, 2.24) is 10.6 Å². The number of hydrogen-bond acceptors (Lipinski definition) is 4. The minimum absolute atomic E-state index is 0.0549. The van der Waals surface area contributed by atoms with Crippen LogP contribution in [0.15, 0.2) is 24.3 Å². The van der Waals surface area contributed by atoms with Crippen LogP contribution in [0.5, 0.6) is 5.75 Å². The van der Waals surface area contributed by atoms with Crippen molar-refractivity contribution >= 4 is 5.91 Å². The van der Waals surface area contributed by atoms with E-state index in [0.717, 1.165) is 24.3 Å². The van der Waals surface area contributed by atoms with Gasteiger partial charge >= 0.3 is 0 Å². The average Bonchev–Trinajstić information content (AvgIpc) is 2.48. The van der Waals surface area contributed by atoms with Gasteiger partial charge in [0.1, 0.15) is 11.9 Å². The summed E-state index contributed by atoms with van der Waals surface area (Å²) in [7, 11) is 1.65. The van der Waals surface area contributed by atoms with E-state index < -0.39 is 6.10 Å². The Labute approximate surface area is 126 Å². The maximum Gasteiger partial charge on any atom is 0.250 e. The van der Waals surface area contributed by atoms with Gasteiger partial charge in [-0.1, -0.05) is 12.1 Å². The Kier molecular flexibility index (Phi) is 5.20. The Morgan fingerprint density at radius 1 is 1.43 bits per heavy atom. The van der Waals surface area contributed by atoms with E-state index in [0.29, 0.717) is 13.2 Å². The van der Waals surface area contributed by atoms with Crippen molar-refractivity contribution in [3.8, 4) is 5.75 Å². The molecule has 1 aromatic rings. The topological polar surface area (TPSA) is 59.6 Å². The normalized spacial score (nSPS) is 19.1. The SMILES string of the molecule is COc1ccc(CC(C)(C)NC(=O)[C@H]2CNCCO2)cc1. The lowest BCUT2D eigenvalue weighted by molar-refractivity contribution is -0.135. The third-order valence-electron chi connectivity index (χ3n) is 3.49. The van der Waals surface area contributed by atoms with Gasteiger partial charge in [0.05, 0.1) is 13.7 Å². The summed E-state index contributed by atoms with van der Waals surface area (Å²) in [5.41, 5.74) is 0.829. The zero-order chi connectivity index (χ0) is 15.3. The highest BCUT2D eigenvalue weighted by atomic mass is 16.5. The summed E-state index contributed by atoms with van der Waals surface area (Å²) in [6.07, 6.45) is 0.358. The molecule has 2 N–H and O–H groups in total. The number of nitrogens with one attached hydrogen (secondary N) is 2. The number of amides is 1. The number of methoxy groups -OCH3 is 1. The fraction of sp³-hybridized carbons (Fsp3) is 0.562. The molecule has 1 atom stereocenters. The molecule has 2 rings (SSSR count). The molecule has 0 radical (unpaired) electrons. The van der Waals surface area contributed by atoms with E-state index in [1.165, 1.54) is 0 Å². The van der Waals surface area contributed by atoms with Gasteiger partial charge in [-0.25, -0.2) is 0 Å². The second-order valence-corrected chi connectivity index (χ2v) is 5.96. The molecule has 116 valence electrons. The third-order valence-corrected chi connectivity index (χ3v) is 3.49. The van der Waals surface area contributed by atoms with Crippen molar-refractivity contribution in [1.29, 1.82) is 0 Å². The molecule has 21 heavy (non-hydrogen) atoms. The predicted octanol–water partition coefficient (Wildman–Crippen LogP) is 1.12. The molecule has 1 amide bonds. The molecule has 0 aromatic heterocycles. The molecule has 1 fully saturated rings. The quantitative estimate of drug-likeness (QED) is 0.854. The van der Waals surface area contributed by atoms with Gasteiger partial charge in [0.25, 0.3) is 5.91 Å². The van der Waals surface area contributed by atoms with E-state index in [9.17, 15) is 4.79 Å². The van der Waals surface area contributed by atoms with Gasteiger partial charge in [0, 0.05) is 18.6 Å². The monoisotopic (exact) mass is 292 g/mol. The fourth-order valence-corrected chi connectivity index (χ4v) is 2.45. The van der Waals surface area contributed by atoms with Crippen molar-refractivity contribution < 1.29 is 14.3 Å². The summed E-state index contributed by atoms with van der Waals surface area (Å²) in [6, 6.07) is 7.90. The zero-order valence-electron chi connectivity index (χ0n) is 12.9. The maximum atomic E-state index is 12.2. The summed E-state index contributed by atoms with van der Waals surface area (Å²) < 4.78 is 10.6. The number of carbonyl (C=O) groups is 1. The Morgan fingerprint density at radius 2 is 2.14 bits per heavy atom. The van der Waals surface area contributed by atoms with Crippen LogP contribution >= 0.6 is 0 Å². The molecule has 5 nitrogen and oxygen atoms in total. The summed E-state index contributed by atoms with van der Waals surface area (Å²) in [5, 5.41) is 6.23. The molecule has 1 heterocycles. The van der Waals surface area contributed by atoms with Gasteiger partial charge in [0.15, 0.2) is 0 Å². The molecule has 0 unspecified atom stereocenters. The van der Waals surface area contributed by atoms with Crippen molar-refractivity contribution in [2.45, 2.75) is 31.9 Å². The molecule has 0 spiro atoms. The highest BCUT2D eigenvalue weighted by Crippen LogP contribution is 2.17. The van der Waals surface area contributed by atoms with Crippen LogP contribution in [-0.2, 0) is 16.0 Å². The molecule has 0 saturated carbocycles. The second-order valence-electron chi connectivity index (χ2n) is 5.96. The standard InChI is InChI=1S/C16H24N2O3/c1-16(2,10-12-4-6-13(20-3)7-5-12)18-15(19)14-11-17-8-9-21-14/h4-7,14,17H,8-11H2,1-3H3,(H,18,19)/t14-/m1/s1. The number of ether oxygens (including phenoxy) is 2. The number of morpholine rings is 1. The molecule has 1 saturated heterocycles. The first-order valence-electron chi connectivity index (χ1n) is 7.27. The van der Waals surface area contributed by atoms with Gasteiger partial charge in [-0.2, -0.15) is 0 Å². The van der Waals surface area contributed by atoms with Crippen molar-refractivity contribution in [2.75, 3.05) is 26.8 Å². The summed E-state index contributed by atoms with van der Waals surface area (Å²) in [4.78, 5) is 12.2. The van der Waals surface area contributed by atoms with Crippen LogP contribution in [0.25, 0.3) is 0 Å². The van der Waals surface area contributed by atoms with E-state index >= 15 is 0 Å². The van der Waals surface area contributed by atoms with Gasteiger partial charge in [-0.05, 0) is 38.0 Å². The molecule has 1 aliphatic rings. The molecular formula is C16H24N2O3. The first kappa shape index (κ1) is 15.8. The molecule has 1 aromatic carbocycles. The van der Waals surface area contributed by atoms with Gasteiger partial charge in [-0.15, -0.1) is 0 Å². The van der Waals surface area contributed by atoms with Crippen molar-refractivity contribution in [2.24, 2.45) is 0 Å². The van der Waals surface area contributed by atoms with Crippen LogP contribution in [0, 0.1) is 0 Å². The Morgan fingerprint density at radius 3 is 2.71 bits per heavy atom. The number of carbonyl (C=O) groups excluding carboxylic acids is 1. The van der Waals surface area contributed by atoms with Crippen LogP contribution in [0.4, 0.5) is 0 Å². The van der Waals surface area contributed by atoms with Crippen molar-refractivity contribution in [3.63, 3.8) is 0 Å². The first-order valence-corrected chi connectivity index (χ1v) is 7.27. The Balaban J connectivity index is 1.92. The van der Waals surface area contributed by atoms with Crippen molar-refractivity contribution in [3.05, 3.63) is 29.8 Å². The molecule has 0 aliphatic carbocycles. The summed E-state index contributed by atoms with van der Waals surface area (Å²) in [5.74, 6) is 0.781. The molecule has 0 bridgehead atoms. The zero-order valence-corrected chi connectivity index (χ0v) is 12.9. The van der Waals surface area contributed by atoms with Crippen LogP contribution in [0.3, 0.4) is 0 Å². The number of hydrogen-bond donors (Lipinski definition) is 2. The largest absolute Gasteiger partial charge is 0.497 e. The molecule has 5 heteroatoms. The first-order chi connectivity index (χ1) is 10.00. The fourth-order valence-electron chi connectivity index (χ4n) is 2.45. The summed E-state index contributed by atoms with van der Waals surface area (Å²) >= 11 is 0. The summed E-state index contributed by atoms with van der Waals surface area (Å²) in [6.45, 7) is 6.00. The third kappa shape index (κ3) is 4.72. The van der Waals surface area contributed by atoms with Crippen LogP contribution < -0.4 is 15.4 Å².